The van der Waals surface area contributed by atoms with Gasteiger partial charge in [0.05, 0.1) is 12.1 Å². The van der Waals surface area contributed by atoms with Crippen LogP contribution in [0.3, 0.4) is 0 Å². The summed E-state index contributed by atoms with van der Waals surface area (Å²) in [5.74, 6) is 0.860. The third-order valence-electron chi connectivity index (χ3n) is 3.72. The number of para-hydroxylation sites is 1. The second-order valence-electron chi connectivity index (χ2n) is 5.44. The molecule has 0 bridgehead atoms. The van der Waals surface area contributed by atoms with Gasteiger partial charge in [0.2, 0.25) is 0 Å². The highest BCUT2D eigenvalue weighted by molar-refractivity contribution is 14.0. The van der Waals surface area contributed by atoms with Crippen molar-refractivity contribution in [2.75, 3.05) is 13.1 Å². The minimum absolute atomic E-state index is 0. The molecular formula is C19H23IN4S. The number of hydrogen-bond donors (Lipinski definition) is 2. The van der Waals surface area contributed by atoms with Gasteiger partial charge < -0.3 is 10.6 Å². The van der Waals surface area contributed by atoms with Crippen molar-refractivity contribution in [2.45, 2.75) is 19.9 Å². The van der Waals surface area contributed by atoms with Gasteiger partial charge in [-0.25, -0.2) is 4.99 Å². The largest absolute Gasteiger partial charge is 0.357 e. The van der Waals surface area contributed by atoms with Crippen LogP contribution < -0.4 is 10.6 Å². The maximum absolute atomic E-state index is 4.64. The number of aromatic nitrogens is 1. The molecule has 0 radical (unpaired) electrons. The van der Waals surface area contributed by atoms with E-state index in [1.165, 1.54) is 15.8 Å². The highest BCUT2D eigenvalue weighted by atomic mass is 127. The lowest BCUT2D eigenvalue weighted by atomic mass is 10.1. The van der Waals surface area contributed by atoms with Crippen LogP contribution in [0.1, 0.15) is 17.4 Å². The molecule has 4 nitrogen and oxygen atoms in total. The summed E-state index contributed by atoms with van der Waals surface area (Å²) in [7, 11) is 0. The molecule has 0 aliphatic carbocycles. The van der Waals surface area contributed by atoms with E-state index in [1.807, 2.05) is 12.3 Å². The summed E-state index contributed by atoms with van der Waals surface area (Å²) < 4.78 is 0. The number of guanidine groups is 1. The van der Waals surface area contributed by atoms with Gasteiger partial charge in [-0.05, 0) is 36.4 Å². The molecule has 0 unspecified atom stereocenters. The number of nitrogens with zero attached hydrogens (tertiary/aromatic N) is 2. The topological polar surface area (TPSA) is 49.3 Å². The molecule has 0 saturated heterocycles. The summed E-state index contributed by atoms with van der Waals surface area (Å²) in [6, 6.07) is 14.6. The quantitative estimate of drug-likeness (QED) is 0.325. The molecule has 1 aromatic carbocycles. The lowest BCUT2D eigenvalue weighted by molar-refractivity contribution is 0.802. The molecule has 0 spiro atoms. The van der Waals surface area contributed by atoms with Gasteiger partial charge in [-0.1, -0.05) is 30.3 Å². The standard InChI is InChI=1S/C19H22N4S.HI/c1-2-20-19(23-14-17-9-5-13-24-17)22-12-10-16-7-3-6-15-8-4-11-21-18(15)16;/h3-9,11,13H,2,10,12,14H2,1H3,(H2,20,22,23);1H. The number of thiophene rings is 1. The predicted octanol–water partition coefficient (Wildman–Crippen LogP) is 4.21. The Bertz CT molecular complexity index is 797. The minimum Gasteiger partial charge on any atom is -0.357 e. The molecule has 2 N–H and O–H groups in total. The summed E-state index contributed by atoms with van der Waals surface area (Å²) in [6.07, 6.45) is 2.77. The van der Waals surface area contributed by atoms with Crippen molar-refractivity contribution in [1.29, 1.82) is 0 Å². The molecular weight excluding hydrogens is 443 g/mol. The zero-order valence-corrected chi connectivity index (χ0v) is 17.4. The summed E-state index contributed by atoms with van der Waals surface area (Å²) in [4.78, 5) is 10.4. The van der Waals surface area contributed by atoms with Gasteiger partial charge in [0.25, 0.3) is 0 Å². The first-order chi connectivity index (χ1) is 11.9. The molecule has 6 heteroatoms. The van der Waals surface area contributed by atoms with Crippen LogP contribution in [0.4, 0.5) is 0 Å². The molecule has 132 valence electrons. The van der Waals surface area contributed by atoms with Crippen molar-refractivity contribution in [3.05, 3.63) is 64.5 Å². The Morgan fingerprint density at radius 1 is 1.12 bits per heavy atom. The van der Waals surface area contributed by atoms with Crippen LogP contribution in [0.25, 0.3) is 10.9 Å². The molecule has 0 aliphatic heterocycles. The fraction of sp³-hybridized carbons (Fsp3) is 0.263. The van der Waals surface area contributed by atoms with E-state index >= 15 is 0 Å². The highest BCUT2D eigenvalue weighted by Gasteiger charge is 2.03. The Labute approximate surface area is 169 Å². The number of fused-ring (bicyclic) bond motifs is 1. The Morgan fingerprint density at radius 3 is 2.80 bits per heavy atom. The van der Waals surface area contributed by atoms with E-state index in [0.29, 0.717) is 6.54 Å². The lowest BCUT2D eigenvalue weighted by Gasteiger charge is -2.12. The fourth-order valence-corrected chi connectivity index (χ4v) is 3.21. The number of halogens is 1. The van der Waals surface area contributed by atoms with E-state index in [-0.39, 0.29) is 24.0 Å². The molecule has 0 fully saturated rings. The molecule has 0 aliphatic rings. The van der Waals surface area contributed by atoms with E-state index in [1.54, 1.807) is 11.3 Å². The number of pyridine rings is 1. The average Bonchev–Trinajstić information content (AvgIpc) is 3.13. The number of benzene rings is 1. The van der Waals surface area contributed by atoms with Crippen molar-refractivity contribution in [1.82, 2.24) is 15.6 Å². The van der Waals surface area contributed by atoms with E-state index in [9.17, 15) is 0 Å². The molecule has 0 amide bonds. The van der Waals surface area contributed by atoms with Crippen LogP contribution in [0, 0.1) is 0 Å². The molecule has 0 atom stereocenters. The van der Waals surface area contributed by atoms with E-state index in [4.69, 9.17) is 0 Å². The van der Waals surface area contributed by atoms with Crippen LogP contribution in [0.15, 0.2) is 59.0 Å². The van der Waals surface area contributed by atoms with E-state index in [0.717, 1.165) is 31.0 Å². The van der Waals surface area contributed by atoms with Crippen LogP contribution in [0.5, 0.6) is 0 Å². The third kappa shape index (κ3) is 5.67. The second-order valence-corrected chi connectivity index (χ2v) is 6.48. The molecule has 25 heavy (non-hydrogen) atoms. The lowest BCUT2D eigenvalue weighted by Crippen LogP contribution is -2.38. The highest BCUT2D eigenvalue weighted by Crippen LogP contribution is 2.16. The first kappa shape index (κ1) is 19.7. The van der Waals surface area contributed by atoms with E-state index < -0.39 is 0 Å². The first-order valence-electron chi connectivity index (χ1n) is 8.24. The number of rotatable bonds is 6. The number of aliphatic imine (C=N–C) groups is 1. The zero-order valence-electron chi connectivity index (χ0n) is 14.2. The maximum atomic E-state index is 4.64. The SMILES string of the molecule is CCNC(=NCc1cccs1)NCCc1cccc2cccnc12.I. The van der Waals surface area contributed by atoms with Crippen molar-refractivity contribution in [3.63, 3.8) is 0 Å². The molecule has 0 saturated carbocycles. The van der Waals surface area contributed by atoms with Crippen LogP contribution in [-0.4, -0.2) is 24.0 Å². The van der Waals surface area contributed by atoms with Crippen molar-refractivity contribution >= 4 is 52.2 Å². The predicted molar refractivity (Wildman–Crippen MR) is 118 cm³/mol. The van der Waals surface area contributed by atoms with Crippen molar-refractivity contribution in [2.24, 2.45) is 4.99 Å². The number of hydrogen-bond acceptors (Lipinski definition) is 3. The third-order valence-corrected chi connectivity index (χ3v) is 4.58. The van der Waals surface area contributed by atoms with Gasteiger partial charge in [-0.3, -0.25) is 4.98 Å². The summed E-state index contributed by atoms with van der Waals surface area (Å²) in [5.41, 5.74) is 2.34. The Balaban J connectivity index is 0.00000225. The summed E-state index contributed by atoms with van der Waals surface area (Å²) >= 11 is 1.73. The molecule has 2 heterocycles. The second kappa shape index (κ2) is 10.4. The van der Waals surface area contributed by atoms with Crippen molar-refractivity contribution in [3.8, 4) is 0 Å². The van der Waals surface area contributed by atoms with Gasteiger partial charge in [0, 0.05) is 29.5 Å². The summed E-state index contributed by atoms with van der Waals surface area (Å²) in [5, 5.41) is 9.98. The molecule has 3 aromatic rings. The monoisotopic (exact) mass is 466 g/mol. The average molecular weight is 466 g/mol. The Morgan fingerprint density at radius 2 is 2.00 bits per heavy atom. The normalized spacial score (nSPS) is 11.2. The zero-order chi connectivity index (χ0) is 16.6. The fourth-order valence-electron chi connectivity index (χ4n) is 2.59. The smallest absolute Gasteiger partial charge is 0.191 e. The number of nitrogens with one attached hydrogen (secondary N) is 2. The molecule has 2 aromatic heterocycles. The van der Waals surface area contributed by atoms with Gasteiger partial charge in [0.1, 0.15) is 0 Å². The van der Waals surface area contributed by atoms with Crippen LogP contribution in [-0.2, 0) is 13.0 Å². The van der Waals surface area contributed by atoms with Gasteiger partial charge in [-0.2, -0.15) is 0 Å². The van der Waals surface area contributed by atoms with Crippen LogP contribution >= 0.6 is 35.3 Å². The minimum atomic E-state index is 0. The molecule has 3 rings (SSSR count). The Hall–Kier alpha value is -1.67. The van der Waals surface area contributed by atoms with Crippen LogP contribution in [0.2, 0.25) is 0 Å². The van der Waals surface area contributed by atoms with E-state index in [2.05, 4.69) is 69.3 Å². The van der Waals surface area contributed by atoms with Gasteiger partial charge in [-0.15, -0.1) is 35.3 Å². The Kier molecular flexibility index (Phi) is 8.14. The van der Waals surface area contributed by atoms with Gasteiger partial charge >= 0.3 is 0 Å². The van der Waals surface area contributed by atoms with Gasteiger partial charge in [0.15, 0.2) is 5.96 Å². The maximum Gasteiger partial charge on any atom is 0.191 e. The van der Waals surface area contributed by atoms with Crippen molar-refractivity contribution < 1.29 is 0 Å². The summed E-state index contributed by atoms with van der Waals surface area (Å²) in [6.45, 7) is 4.47. The first-order valence-corrected chi connectivity index (χ1v) is 9.12.